The third-order valence-corrected chi connectivity index (χ3v) is 4.01. The Hall–Kier alpha value is -2.02. The first-order chi connectivity index (χ1) is 9.15. The number of carboxylic acids is 1. The monoisotopic (exact) mass is 279 g/mol. The van der Waals surface area contributed by atoms with E-state index in [1.54, 1.807) is 0 Å². The standard InChI is InChI=1S/C12H10FN3O2S/c13-9-6(11(17)18)4-5-14-10(9)16-12-15-7-2-1-3-8(7)19-12/h4-5H,1-3H2,(H,17,18)(H,14,15,16). The molecule has 0 atom stereocenters. The van der Waals surface area contributed by atoms with Crippen LogP contribution in [0.25, 0.3) is 0 Å². The Morgan fingerprint density at radius 2 is 2.32 bits per heavy atom. The number of carboxylic acid groups (broad SMARTS) is 1. The number of aromatic nitrogens is 2. The molecule has 98 valence electrons. The Kier molecular flexibility index (Phi) is 2.90. The van der Waals surface area contributed by atoms with E-state index in [2.05, 4.69) is 15.3 Å². The highest BCUT2D eigenvalue weighted by atomic mass is 32.1. The Balaban J connectivity index is 1.90. The molecule has 0 amide bonds. The van der Waals surface area contributed by atoms with Gasteiger partial charge in [-0.25, -0.2) is 19.2 Å². The second-order valence-corrected chi connectivity index (χ2v) is 5.28. The Morgan fingerprint density at radius 1 is 1.47 bits per heavy atom. The van der Waals surface area contributed by atoms with E-state index >= 15 is 0 Å². The van der Waals surface area contributed by atoms with Crippen LogP contribution in [0.5, 0.6) is 0 Å². The molecule has 0 aromatic carbocycles. The minimum absolute atomic E-state index is 0.104. The van der Waals surface area contributed by atoms with E-state index in [0.717, 1.165) is 31.0 Å². The topological polar surface area (TPSA) is 75.1 Å². The molecule has 1 aliphatic carbocycles. The minimum atomic E-state index is -1.32. The van der Waals surface area contributed by atoms with Crippen molar-refractivity contribution in [3.63, 3.8) is 0 Å². The molecule has 0 saturated heterocycles. The number of fused-ring (bicyclic) bond motifs is 1. The van der Waals surface area contributed by atoms with Gasteiger partial charge in [-0.1, -0.05) is 0 Å². The molecule has 0 spiro atoms. The molecule has 0 unspecified atom stereocenters. The van der Waals surface area contributed by atoms with Crippen LogP contribution < -0.4 is 5.32 Å². The van der Waals surface area contributed by atoms with Crippen molar-refractivity contribution in [1.29, 1.82) is 0 Å². The van der Waals surface area contributed by atoms with Gasteiger partial charge in [-0.2, -0.15) is 0 Å². The molecule has 0 bridgehead atoms. The highest BCUT2D eigenvalue weighted by molar-refractivity contribution is 7.15. The van der Waals surface area contributed by atoms with Crippen LogP contribution in [0.1, 0.15) is 27.3 Å². The molecule has 0 aliphatic heterocycles. The van der Waals surface area contributed by atoms with Crippen LogP contribution >= 0.6 is 11.3 Å². The molecule has 0 fully saturated rings. The maximum absolute atomic E-state index is 13.9. The first-order valence-corrected chi connectivity index (χ1v) is 6.60. The number of aromatic carboxylic acids is 1. The zero-order valence-corrected chi connectivity index (χ0v) is 10.6. The molecule has 19 heavy (non-hydrogen) atoms. The van der Waals surface area contributed by atoms with Gasteiger partial charge in [-0.3, -0.25) is 0 Å². The van der Waals surface area contributed by atoms with Crippen molar-refractivity contribution < 1.29 is 14.3 Å². The highest BCUT2D eigenvalue weighted by Gasteiger charge is 2.19. The van der Waals surface area contributed by atoms with Crippen molar-refractivity contribution in [1.82, 2.24) is 9.97 Å². The number of anilines is 2. The van der Waals surface area contributed by atoms with E-state index < -0.39 is 17.3 Å². The summed E-state index contributed by atoms with van der Waals surface area (Å²) in [6.45, 7) is 0. The summed E-state index contributed by atoms with van der Waals surface area (Å²) < 4.78 is 13.9. The van der Waals surface area contributed by atoms with Crippen LogP contribution in [-0.4, -0.2) is 21.0 Å². The predicted octanol–water partition coefficient (Wildman–Crippen LogP) is 2.61. The molecule has 3 rings (SSSR count). The van der Waals surface area contributed by atoms with Crippen molar-refractivity contribution in [2.45, 2.75) is 19.3 Å². The predicted molar refractivity (Wildman–Crippen MR) is 68.6 cm³/mol. The van der Waals surface area contributed by atoms with Gasteiger partial charge in [0.15, 0.2) is 16.8 Å². The first-order valence-electron chi connectivity index (χ1n) is 5.78. The molecule has 2 N–H and O–H groups in total. The molecule has 0 radical (unpaired) electrons. The van der Waals surface area contributed by atoms with Gasteiger partial charge < -0.3 is 10.4 Å². The fraction of sp³-hybridized carbons (Fsp3) is 0.250. The van der Waals surface area contributed by atoms with Gasteiger partial charge in [0.1, 0.15) is 5.56 Å². The van der Waals surface area contributed by atoms with Crippen molar-refractivity contribution in [3.05, 3.63) is 34.2 Å². The highest BCUT2D eigenvalue weighted by Crippen LogP contribution is 2.32. The number of nitrogens with one attached hydrogen (secondary N) is 1. The van der Waals surface area contributed by atoms with Gasteiger partial charge in [-0.15, -0.1) is 11.3 Å². The first kappa shape index (κ1) is 12.0. The van der Waals surface area contributed by atoms with Gasteiger partial charge in [0.25, 0.3) is 0 Å². The quantitative estimate of drug-likeness (QED) is 0.903. The van der Waals surface area contributed by atoms with E-state index in [0.29, 0.717) is 5.13 Å². The summed E-state index contributed by atoms with van der Waals surface area (Å²) in [6, 6.07) is 1.13. The van der Waals surface area contributed by atoms with E-state index in [4.69, 9.17) is 5.11 Å². The van der Waals surface area contributed by atoms with Crippen molar-refractivity contribution >= 4 is 28.3 Å². The summed E-state index contributed by atoms with van der Waals surface area (Å²) in [5.74, 6) is -2.29. The fourth-order valence-electron chi connectivity index (χ4n) is 2.04. The molecule has 1 aliphatic rings. The molecule has 2 aromatic rings. The Bertz CT molecular complexity index is 635. The van der Waals surface area contributed by atoms with Crippen LogP contribution in [-0.2, 0) is 12.8 Å². The lowest BCUT2D eigenvalue weighted by molar-refractivity contribution is 0.0692. The Morgan fingerprint density at radius 3 is 3.05 bits per heavy atom. The summed E-state index contributed by atoms with van der Waals surface area (Å²) in [5.41, 5.74) is 0.642. The number of hydrogen-bond acceptors (Lipinski definition) is 5. The number of nitrogens with zero attached hydrogens (tertiary/aromatic N) is 2. The summed E-state index contributed by atoms with van der Waals surface area (Å²) >= 11 is 1.46. The van der Waals surface area contributed by atoms with Gasteiger partial charge in [0, 0.05) is 11.1 Å². The molecule has 2 aromatic heterocycles. The lowest BCUT2D eigenvalue weighted by atomic mass is 10.2. The average molecular weight is 279 g/mol. The number of aryl methyl sites for hydroxylation is 2. The second-order valence-electron chi connectivity index (χ2n) is 4.19. The zero-order chi connectivity index (χ0) is 13.4. The number of thiazole rings is 1. The fourth-order valence-corrected chi connectivity index (χ4v) is 3.09. The molecular weight excluding hydrogens is 269 g/mol. The SMILES string of the molecule is O=C(O)c1ccnc(Nc2nc3c(s2)CCC3)c1F. The molecule has 7 heteroatoms. The Labute approximate surface area is 112 Å². The van der Waals surface area contributed by atoms with Gasteiger partial charge in [-0.05, 0) is 25.3 Å². The minimum Gasteiger partial charge on any atom is -0.478 e. The van der Waals surface area contributed by atoms with Crippen molar-refractivity contribution in [2.24, 2.45) is 0 Å². The van der Waals surface area contributed by atoms with E-state index in [-0.39, 0.29) is 5.82 Å². The van der Waals surface area contributed by atoms with E-state index in [1.165, 1.54) is 22.4 Å². The maximum Gasteiger partial charge on any atom is 0.338 e. The van der Waals surface area contributed by atoms with Gasteiger partial charge in [0.05, 0.1) is 5.69 Å². The van der Waals surface area contributed by atoms with Crippen LogP contribution in [0.4, 0.5) is 15.3 Å². The largest absolute Gasteiger partial charge is 0.478 e. The zero-order valence-electron chi connectivity index (χ0n) is 9.81. The van der Waals surface area contributed by atoms with E-state index in [1.807, 2.05) is 0 Å². The molecule has 5 nitrogen and oxygen atoms in total. The second kappa shape index (κ2) is 4.58. The van der Waals surface area contributed by atoms with Gasteiger partial charge >= 0.3 is 5.97 Å². The summed E-state index contributed by atoms with van der Waals surface area (Å²) in [6.07, 6.45) is 4.31. The number of pyridine rings is 1. The molecular formula is C12H10FN3O2S. The van der Waals surface area contributed by atoms with E-state index in [9.17, 15) is 9.18 Å². The lowest BCUT2D eigenvalue weighted by Gasteiger charge is -2.05. The summed E-state index contributed by atoms with van der Waals surface area (Å²) in [7, 11) is 0. The van der Waals surface area contributed by atoms with Crippen LogP contribution in [0.2, 0.25) is 0 Å². The lowest BCUT2D eigenvalue weighted by Crippen LogP contribution is -2.05. The normalized spacial score (nSPS) is 13.3. The number of hydrogen-bond donors (Lipinski definition) is 2. The molecule has 0 saturated carbocycles. The number of rotatable bonds is 3. The molecule has 2 heterocycles. The third-order valence-electron chi connectivity index (χ3n) is 2.94. The summed E-state index contributed by atoms with van der Waals surface area (Å²) in [4.78, 5) is 20.2. The van der Waals surface area contributed by atoms with Crippen molar-refractivity contribution in [3.8, 4) is 0 Å². The van der Waals surface area contributed by atoms with Crippen molar-refractivity contribution in [2.75, 3.05) is 5.32 Å². The maximum atomic E-state index is 13.9. The third kappa shape index (κ3) is 2.17. The van der Waals surface area contributed by atoms with Gasteiger partial charge in [0.2, 0.25) is 0 Å². The smallest absolute Gasteiger partial charge is 0.338 e. The average Bonchev–Trinajstić information content (AvgIpc) is 2.92. The van der Waals surface area contributed by atoms with Crippen LogP contribution in [0.3, 0.4) is 0 Å². The van der Waals surface area contributed by atoms with Crippen LogP contribution in [0, 0.1) is 5.82 Å². The number of halogens is 1. The summed E-state index contributed by atoms with van der Waals surface area (Å²) in [5, 5.41) is 12.2. The number of carbonyl (C=O) groups is 1. The van der Waals surface area contributed by atoms with Crippen LogP contribution in [0.15, 0.2) is 12.3 Å².